The third-order valence-corrected chi connectivity index (χ3v) is 4.31. The van der Waals surface area contributed by atoms with Gasteiger partial charge in [-0.05, 0) is 43.2 Å². The van der Waals surface area contributed by atoms with Crippen molar-refractivity contribution in [2.24, 2.45) is 0 Å². The van der Waals surface area contributed by atoms with Crippen LogP contribution in [0, 0.1) is 6.92 Å². The van der Waals surface area contributed by atoms with E-state index in [0.29, 0.717) is 11.1 Å². The summed E-state index contributed by atoms with van der Waals surface area (Å²) in [7, 11) is 0. The number of carbonyl (C=O) groups excluding carboxylic acids is 3. The zero-order valence-electron chi connectivity index (χ0n) is 14.3. The standard InChI is InChI=1S/C20H20N2O3/c1-3-14-5-4-6-15(12-14)21-18(23)9-10-22-19(24)16-8-7-13(2)11-17(16)20(22)25/h4-8,11-12H,3,9-10H2,1-2H3,(H,21,23). The highest BCUT2D eigenvalue weighted by Crippen LogP contribution is 2.24. The lowest BCUT2D eigenvalue weighted by atomic mass is 10.1. The molecular formula is C20H20N2O3. The van der Waals surface area contributed by atoms with Gasteiger partial charge in [0.2, 0.25) is 5.91 Å². The summed E-state index contributed by atoms with van der Waals surface area (Å²) in [5.41, 5.74) is 3.61. The van der Waals surface area contributed by atoms with Crippen molar-refractivity contribution in [2.75, 3.05) is 11.9 Å². The van der Waals surface area contributed by atoms with Crippen molar-refractivity contribution in [3.05, 3.63) is 64.7 Å². The molecule has 25 heavy (non-hydrogen) atoms. The monoisotopic (exact) mass is 336 g/mol. The zero-order chi connectivity index (χ0) is 18.0. The fourth-order valence-corrected chi connectivity index (χ4v) is 2.91. The largest absolute Gasteiger partial charge is 0.326 e. The van der Waals surface area contributed by atoms with Crippen LogP contribution < -0.4 is 5.32 Å². The first-order valence-electron chi connectivity index (χ1n) is 8.35. The molecule has 0 atom stereocenters. The Bertz CT molecular complexity index is 858. The third kappa shape index (κ3) is 3.45. The molecule has 0 bridgehead atoms. The third-order valence-electron chi connectivity index (χ3n) is 4.31. The zero-order valence-corrected chi connectivity index (χ0v) is 14.3. The lowest BCUT2D eigenvalue weighted by Crippen LogP contribution is -2.32. The molecule has 1 aliphatic rings. The Kier molecular flexibility index (Phi) is 4.65. The van der Waals surface area contributed by atoms with Crippen LogP contribution in [-0.2, 0) is 11.2 Å². The molecule has 3 amide bonds. The number of hydrogen-bond acceptors (Lipinski definition) is 3. The molecule has 1 aliphatic heterocycles. The van der Waals surface area contributed by atoms with Crippen molar-refractivity contribution in [2.45, 2.75) is 26.7 Å². The summed E-state index contributed by atoms with van der Waals surface area (Å²) in [6.07, 6.45) is 0.957. The molecule has 0 unspecified atom stereocenters. The maximum Gasteiger partial charge on any atom is 0.261 e. The summed E-state index contributed by atoms with van der Waals surface area (Å²) in [6, 6.07) is 12.8. The predicted octanol–water partition coefficient (Wildman–Crippen LogP) is 3.18. The van der Waals surface area contributed by atoms with Crippen LogP contribution in [-0.4, -0.2) is 29.2 Å². The van der Waals surface area contributed by atoms with Crippen LogP contribution in [0.3, 0.4) is 0 Å². The van der Waals surface area contributed by atoms with E-state index in [4.69, 9.17) is 0 Å². The van der Waals surface area contributed by atoms with Gasteiger partial charge in [-0.2, -0.15) is 0 Å². The van der Waals surface area contributed by atoms with Crippen LogP contribution in [0.15, 0.2) is 42.5 Å². The van der Waals surface area contributed by atoms with Gasteiger partial charge in [-0.25, -0.2) is 0 Å². The number of nitrogens with one attached hydrogen (secondary N) is 1. The van der Waals surface area contributed by atoms with Crippen molar-refractivity contribution < 1.29 is 14.4 Å². The first kappa shape index (κ1) is 16.9. The molecule has 0 saturated heterocycles. The number of aryl methyl sites for hydroxylation is 2. The van der Waals surface area contributed by atoms with Crippen molar-refractivity contribution in [1.82, 2.24) is 4.90 Å². The molecule has 1 N–H and O–H groups in total. The molecule has 2 aromatic carbocycles. The molecular weight excluding hydrogens is 316 g/mol. The average Bonchev–Trinajstić information content (AvgIpc) is 2.83. The topological polar surface area (TPSA) is 66.5 Å². The van der Waals surface area contributed by atoms with Crippen molar-refractivity contribution >= 4 is 23.4 Å². The summed E-state index contributed by atoms with van der Waals surface area (Å²) in [6.45, 7) is 3.99. The predicted molar refractivity (Wildman–Crippen MR) is 95.6 cm³/mol. The number of amides is 3. The van der Waals surface area contributed by atoms with Gasteiger partial charge in [0.1, 0.15) is 0 Å². The van der Waals surface area contributed by atoms with Gasteiger partial charge in [0.25, 0.3) is 11.8 Å². The molecule has 128 valence electrons. The maximum absolute atomic E-state index is 12.4. The normalized spacial score (nSPS) is 13.1. The number of hydrogen-bond donors (Lipinski definition) is 1. The Labute approximate surface area is 146 Å². The Morgan fingerprint density at radius 1 is 1.04 bits per heavy atom. The van der Waals surface area contributed by atoms with Crippen LogP contribution in [0.4, 0.5) is 5.69 Å². The second-order valence-electron chi connectivity index (χ2n) is 6.16. The SMILES string of the molecule is CCc1cccc(NC(=O)CCN2C(=O)c3ccc(C)cc3C2=O)c1. The van der Waals surface area contributed by atoms with Crippen LogP contribution in [0.2, 0.25) is 0 Å². The average molecular weight is 336 g/mol. The number of nitrogens with zero attached hydrogens (tertiary/aromatic N) is 1. The van der Waals surface area contributed by atoms with Crippen LogP contribution >= 0.6 is 0 Å². The summed E-state index contributed by atoms with van der Waals surface area (Å²) in [4.78, 5) is 38.0. The molecule has 3 rings (SSSR count). The van der Waals surface area contributed by atoms with E-state index in [1.165, 1.54) is 0 Å². The Hall–Kier alpha value is -2.95. The van der Waals surface area contributed by atoms with E-state index in [2.05, 4.69) is 5.32 Å². The van der Waals surface area contributed by atoms with Gasteiger partial charge >= 0.3 is 0 Å². The molecule has 0 spiro atoms. The lowest BCUT2D eigenvalue weighted by molar-refractivity contribution is -0.116. The van der Waals surface area contributed by atoms with Gasteiger partial charge in [-0.3, -0.25) is 19.3 Å². The minimum absolute atomic E-state index is 0.0702. The number of rotatable bonds is 5. The molecule has 1 heterocycles. The second kappa shape index (κ2) is 6.89. The molecule has 0 saturated carbocycles. The summed E-state index contributed by atoms with van der Waals surface area (Å²) in [5, 5.41) is 2.81. The first-order chi connectivity index (χ1) is 12.0. The van der Waals surface area contributed by atoms with E-state index < -0.39 is 0 Å². The second-order valence-corrected chi connectivity index (χ2v) is 6.16. The molecule has 5 heteroatoms. The van der Waals surface area contributed by atoms with E-state index in [0.717, 1.165) is 28.1 Å². The fourth-order valence-electron chi connectivity index (χ4n) is 2.91. The van der Waals surface area contributed by atoms with E-state index >= 15 is 0 Å². The molecule has 0 radical (unpaired) electrons. The number of imide groups is 1. The summed E-state index contributed by atoms with van der Waals surface area (Å²) >= 11 is 0. The van der Waals surface area contributed by atoms with Gasteiger partial charge in [-0.15, -0.1) is 0 Å². The van der Waals surface area contributed by atoms with Crippen molar-refractivity contribution in [3.63, 3.8) is 0 Å². The highest BCUT2D eigenvalue weighted by atomic mass is 16.2. The minimum atomic E-state index is -0.333. The smallest absolute Gasteiger partial charge is 0.261 e. The van der Waals surface area contributed by atoms with Gasteiger partial charge < -0.3 is 5.32 Å². The van der Waals surface area contributed by atoms with Crippen LogP contribution in [0.1, 0.15) is 45.2 Å². The number of carbonyl (C=O) groups is 3. The highest BCUT2D eigenvalue weighted by Gasteiger charge is 2.35. The van der Waals surface area contributed by atoms with Gasteiger partial charge in [0.05, 0.1) is 11.1 Å². The Balaban J connectivity index is 1.63. The van der Waals surface area contributed by atoms with E-state index in [-0.39, 0.29) is 30.7 Å². The van der Waals surface area contributed by atoms with Crippen molar-refractivity contribution in [1.29, 1.82) is 0 Å². The minimum Gasteiger partial charge on any atom is -0.326 e. The van der Waals surface area contributed by atoms with Crippen LogP contribution in [0.5, 0.6) is 0 Å². The van der Waals surface area contributed by atoms with E-state index in [1.807, 2.05) is 38.1 Å². The van der Waals surface area contributed by atoms with E-state index in [1.54, 1.807) is 18.2 Å². The molecule has 0 aromatic heterocycles. The quantitative estimate of drug-likeness (QED) is 0.853. The Morgan fingerprint density at radius 3 is 2.56 bits per heavy atom. The van der Waals surface area contributed by atoms with E-state index in [9.17, 15) is 14.4 Å². The summed E-state index contributed by atoms with van der Waals surface area (Å²) < 4.78 is 0. The molecule has 0 fully saturated rings. The van der Waals surface area contributed by atoms with Gasteiger partial charge in [0, 0.05) is 18.7 Å². The van der Waals surface area contributed by atoms with Crippen LogP contribution in [0.25, 0.3) is 0 Å². The summed E-state index contributed by atoms with van der Waals surface area (Å²) in [5.74, 6) is -0.883. The molecule has 5 nitrogen and oxygen atoms in total. The number of anilines is 1. The number of benzene rings is 2. The molecule has 0 aliphatic carbocycles. The van der Waals surface area contributed by atoms with Gasteiger partial charge in [-0.1, -0.05) is 30.7 Å². The number of fused-ring (bicyclic) bond motifs is 1. The maximum atomic E-state index is 12.4. The Morgan fingerprint density at radius 2 is 1.80 bits per heavy atom. The van der Waals surface area contributed by atoms with Crippen molar-refractivity contribution in [3.8, 4) is 0 Å². The van der Waals surface area contributed by atoms with Gasteiger partial charge in [0.15, 0.2) is 0 Å². The fraction of sp³-hybridized carbons (Fsp3) is 0.250. The molecule has 2 aromatic rings. The first-order valence-corrected chi connectivity index (χ1v) is 8.35. The lowest BCUT2D eigenvalue weighted by Gasteiger charge is -2.13. The highest BCUT2D eigenvalue weighted by molar-refractivity contribution is 6.21.